The van der Waals surface area contributed by atoms with E-state index in [1.165, 1.54) is 0 Å². The predicted octanol–water partition coefficient (Wildman–Crippen LogP) is 3.46. The van der Waals surface area contributed by atoms with Gasteiger partial charge in [0.25, 0.3) is 0 Å². The Kier molecular flexibility index (Phi) is 7.75. The van der Waals surface area contributed by atoms with E-state index in [0.29, 0.717) is 17.6 Å². The van der Waals surface area contributed by atoms with Crippen LogP contribution in [0.15, 0.2) is 36.5 Å². The number of hydrogen-bond donors (Lipinski definition) is 3. The van der Waals surface area contributed by atoms with E-state index in [0.717, 1.165) is 24.8 Å². The Balaban J connectivity index is 2.11. The van der Waals surface area contributed by atoms with E-state index in [4.69, 9.17) is 4.74 Å². The molecule has 7 heteroatoms. The second kappa shape index (κ2) is 10.0. The molecule has 152 valence electrons. The number of rotatable bonds is 8. The first-order valence-electron chi connectivity index (χ1n) is 9.59. The van der Waals surface area contributed by atoms with Crippen molar-refractivity contribution < 1.29 is 14.3 Å². The Morgan fingerprint density at radius 3 is 2.61 bits per heavy atom. The molecule has 2 rings (SSSR count). The molecule has 0 spiro atoms. The average Bonchev–Trinajstić information content (AvgIpc) is 2.63. The van der Waals surface area contributed by atoms with Gasteiger partial charge in [-0.25, -0.2) is 4.79 Å². The number of benzene rings is 1. The van der Waals surface area contributed by atoms with Crippen molar-refractivity contribution in [1.82, 2.24) is 15.6 Å². The average molecular weight is 386 g/mol. The molecule has 0 aliphatic heterocycles. The van der Waals surface area contributed by atoms with Crippen LogP contribution in [0.1, 0.15) is 40.0 Å². The lowest BCUT2D eigenvalue weighted by atomic mass is 10.1. The number of fused-ring (bicyclic) bond motifs is 1. The maximum Gasteiger partial charge on any atom is 0.408 e. The minimum Gasteiger partial charge on any atom is -0.444 e. The number of para-hydroxylation sites is 1. The molecule has 0 radical (unpaired) electrons. The summed E-state index contributed by atoms with van der Waals surface area (Å²) in [4.78, 5) is 29.4. The first-order valence-corrected chi connectivity index (χ1v) is 9.59. The van der Waals surface area contributed by atoms with Crippen molar-refractivity contribution in [2.45, 2.75) is 51.7 Å². The Morgan fingerprint density at radius 1 is 1.14 bits per heavy atom. The molecule has 7 nitrogen and oxygen atoms in total. The SMILES string of the molecule is CNCCCC[C@H](NC(=O)OC(C)(C)C)C(=O)Nc1cccc2cccnc12. The number of pyridine rings is 1. The van der Waals surface area contributed by atoms with Gasteiger partial charge in [-0.1, -0.05) is 18.2 Å². The molecular weight excluding hydrogens is 356 g/mol. The van der Waals surface area contributed by atoms with E-state index in [1.54, 1.807) is 33.0 Å². The second-order valence-corrected chi connectivity index (χ2v) is 7.67. The van der Waals surface area contributed by atoms with E-state index in [2.05, 4.69) is 20.9 Å². The van der Waals surface area contributed by atoms with Crippen molar-refractivity contribution >= 4 is 28.6 Å². The zero-order valence-corrected chi connectivity index (χ0v) is 17.0. The van der Waals surface area contributed by atoms with Gasteiger partial charge in [-0.05, 0) is 65.8 Å². The number of carbonyl (C=O) groups is 2. The van der Waals surface area contributed by atoms with Gasteiger partial charge in [0, 0.05) is 11.6 Å². The van der Waals surface area contributed by atoms with Gasteiger partial charge in [0.05, 0.1) is 11.2 Å². The molecule has 1 aromatic heterocycles. The lowest BCUT2D eigenvalue weighted by Gasteiger charge is -2.23. The summed E-state index contributed by atoms with van der Waals surface area (Å²) in [5.74, 6) is -0.284. The summed E-state index contributed by atoms with van der Waals surface area (Å²) in [6, 6.07) is 8.70. The smallest absolute Gasteiger partial charge is 0.408 e. The lowest BCUT2D eigenvalue weighted by Crippen LogP contribution is -2.45. The van der Waals surface area contributed by atoms with Crippen LogP contribution in [-0.2, 0) is 9.53 Å². The van der Waals surface area contributed by atoms with Crippen LogP contribution in [0.25, 0.3) is 10.9 Å². The largest absolute Gasteiger partial charge is 0.444 e. The quantitative estimate of drug-likeness (QED) is 0.604. The highest BCUT2D eigenvalue weighted by Gasteiger charge is 2.24. The van der Waals surface area contributed by atoms with Crippen LogP contribution in [0.2, 0.25) is 0 Å². The zero-order chi connectivity index (χ0) is 20.6. The fourth-order valence-corrected chi connectivity index (χ4v) is 2.79. The Bertz CT molecular complexity index is 796. The summed E-state index contributed by atoms with van der Waals surface area (Å²) in [7, 11) is 1.89. The van der Waals surface area contributed by atoms with E-state index in [9.17, 15) is 9.59 Å². The summed E-state index contributed by atoms with van der Waals surface area (Å²) in [6.45, 7) is 6.22. The summed E-state index contributed by atoms with van der Waals surface area (Å²) < 4.78 is 5.31. The van der Waals surface area contributed by atoms with Crippen molar-refractivity contribution in [2.75, 3.05) is 18.9 Å². The molecule has 28 heavy (non-hydrogen) atoms. The summed E-state index contributed by atoms with van der Waals surface area (Å²) in [5, 5.41) is 9.63. The molecule has 0 saturated heterocycles. The van der Waals surface area contributed by atoms with E-state index in [1.807, 2.05) is 31.3 Å². The first kappa shape index (κ1) is 21.6. The van der Waals surface area contributed by atoms with Crippen molar-refractivity contribution in [3.63, 3.8) is 0 Å². The van der Waals surface area contributed by atoms with Crippen LogP contribution in [-0.4, -0.2) is 42.2 Å². The number of alkyl carbamates (subject to hydrolysis) is 1. The third-order valence-corrected chi connectivity index (χ3v) is 4.07. The minimum absolute atomic E-state index is 0.284. The summed E-state index contributed by atoms with van der Waals surface area (Å²) in [5.41, 5.74) is 0.704. The molecule has 2 amide bonds. The topological polar surface area (TPSA) is 92.4 Å². The standard InChI is InChI=1S/C21H30N4O3/c1-21(2,3)28-20(27)25-17(11-5-6-13-22-4)19(26)24-16-12-7-9-15-10-8-14-23-18(15)16/h7-10,12,14,17,22H,5-6,11,13H2,1-4H3,(H,24,26)(H,25,27)/t17-/m0/s1. The molecule has 0 saturated carbocycles. The number of hydrogen-bond acceptors (Lipinski definition) is 5. The highest BCUT2D eigenvalue weighted by Crippen LogP contribution is 2.21. The van der Waals surface area contributed by atoms with E-state index in [-0.39, 0.29) is 5.91 Å². The fraction of sp³-hybridized carbons (Fsp3) is 0.476. The fourth-order valence-electron chi connectivity index (χ4n) is 2.79. The van der Waals surface area contributed by atoms with Crippen molar-refractivity contribution in [2.24, 2.45) is 0 Å². The monoisotopic (exact) mass is 386 g/mol. The highest BCUT2D eigenvalue weighted by molar-refractivity contribution is 6.03. The molecular formula is C21H30N4O3. The number of unbranched alkanes of at least 4 members (excludes halogenated alkanes) is 1. The third kappa shape index (κ3) is 6.81. The number of amides is 2. The molecule has 3 N–H and O–H groups in total. The summed E-state index contributed by atoms with van der Waals surface area (Å²) in [6.07, 6.45) is 3.31. The number of nitrogens with one attached hydrogen (secondary N) is 3. The predicted molar refractivity (Wildman–Crippen MR) is 111 cm³/mol. The Labute approximate surface area is 166 Å². The number of nitrogens with zero attached hydrogens (tertiary/aromatic N) is 1. The molecule has 0 aliphatic rings. The van der Waals surface area contributed by atoms with Crippen LogP contribution in [0, 0.1) is 0 Å². The molecule has 1 atom stereocenters. The third-order valence-electron chi connectivity index (χ3n) is 4.07. The maximum absolute atomic E-state index is 12.9. The van der Waals surface area contributed by atoms with Gasteiger partial charge in [0.15, 0.2) is 0 Å². The molecule has 0 unspecified atom stereocenters. The number of aromatic nitrogens is 1. The lowest BCUT2D eigenvalue weighted by molar-refractivity contribution is -0.118. The maximum atomic E-state index is 12.9. The first-order chi connectivity index (χ1) is 13.3. The normalized spacial score (nSPS) is 12.4. The highest BCUT2D eigenvalue weighted by atomic mass is 16.6. The summed E-state index contributed by atoms with van der Waals surface area (Å²) >= 11 is 0. The van der Waals surface area contributed by atoms with Gasteiger partial charge in [-0.3, -0.25) is 9.78 Å². The van der Waals surface area contributed by atoms with E-state index >= 15 is 0 Å². The van der Waals surface area contributed by atoms with Crippen molar-refractivity contribution in [1.29, 1.82) is 0 Å². The van der Waals surface area contributed by atoms with Gasteiger partial charge in [0.1, 0.15) is 11.6 Å². The van der Waals surface area contributed by atoms with Gasteiger partial charge in [-0.15, -0.1) is 0 Å². The Hall–Kier alpha value is -2.67. The van der Waals surface area contributed by atoms with Gasteiger partial charge < -0.3 is 20.7 Å². The van der Waals surface area contributed by atoms with Crippen molar-refractivity contribution in [3.05, 3.63) is 36.5 Å². The number of ether oxygens (including phenoxy) is 1. The van der Waals surface area contributed by atoms with Crippen LogP contribution >= 0.6 is 0 Å². The number of carbonyl (C=O) groups excluding carboxylic acids is 2. The minimum atomic E-state index is -0.689. The molecule has 0 fully saturated rings. The Morgan fingerprint density at radius 2 is 1.89 bits per heavy atom. The van der Waals surface area contributed by atoms with Crippen LogP contribution in [0.5, 0.6) is 0 Å². The molecule has 1 aromatic carbocycles. The van der Waals surface area contributed by atoms with Crippen LogP contribution in [0.3, 0.4) is 0 Å². The van der Waals surface area contributed by atoms with Crippen LogP contribution < -0.4 is 16.0 Å². The second-order valence-electron chi connectivity index (χ2n) is 7.67. The van der Waals surface area contributed by atoms with Gasteiger partial charge >= 0.3 is 6.09 Å². The molecule has 0 bridgehead atoms. The van der Waals surface area contributed by atoms with Gasteiger partial charge in [-0.2, -0.15) is 0 Å². The molecule has 1 heterocycles. The van der Waals surface area contributed by atoms with E-state index < -0.39 is 17.7 Å². The van der Waals surface area contributed by atoms with Crippen LogP contribution in [0.4, 0.5) is 10.5 Å². The number of anilines is 1. The molecule has 2 aromatic rings. The molecule has 0 aliphatic carbocycles. The van der Waals surface area contributed by atoms with Gasteiger partial charge in [0.2, 0.25) is 5.91 Å². The zero-order valence-electron chi connectivity index (χ0n) is 17.0. The van der Waals surface area contributed by atoms with Crippen molar-refractivity contribution in [3.8, 4) is 0 Å².